The van der Waals surface area contributed by atoms with Crippen molar-refractivity contribution in [3.8, 4) is 5.75 Å². The highest BCUT2D eigenvalue weighted by Gasteiger charge is 2.22. The number of hydrogen-bond donors (Lipinski definition) is 2. The highest BCUT2D eigenvalue weighted by molar-refractivity contribution is 7.89. The first-order chi connectivity index (χ1) is 16.3. The van der Waals surface area contributed by atoms with Crippen molar-refractivity contribution in [1.29, 1.82) is 0 Å². The zero-order chi connectivity index (χ0) is 25.0. The predicted molar refractivity (Wildman–Crippen MR) is 138 cm³/mol. The van der Waals surface area contributed by atoms with Gasteiger partial charge >= 0.3 is 0 Å². The Morgan fingerprint density at radius 1 is 0.941 bits per heavy atom. The molecule has 0 heterocycles. The molecule has 2 aromatic rings. The number of ether oxygens (including phenoxy) is 2. The SMILES string of the molecule is CCCN(CCC)S(=O)(=O)c1ccc(NC(=S)NC(=O)c2ccc(OCCOCC)cc2)cc1. The minimum atomic E-state index is -3.55. The molecule has 0 atom stereocenters. The lowest BCUT2D eigenvalue weighted by molar-refractivity contribution is 0.0977. The first-order valence-corrected chi connectivity index (χ1v) is 13.2. The Morgan fingerprint density at radius 3 is 2.12 bits per heavy atom. The maximum Gasteiger partial charge on any atom is 0.257 e. The fourth-order valence-corrected chi connectivity index (χ4v) is 4.95. The van der Waals surface area contributed by atoms with Crippen LogP contribution >= 0.6 is 12.2 Å². The molecule has 0 unspecified atom stereocenters. The number of thiocarbonyl (C=S) groups is 1. The molecule has 34 heavy (non-hydrogen) atoms. The van der Waals surface area contributed by atoms with E-state index in [1.165, 1.54) is 16.4 Å². The van der Waals surface area contributed by atoms with E-state index in [1.54, 1.807) is 36.4 Å². The quantitative estimate of drug-likeness (QED) is 0.312. The Hall–Kier alpha value is -2.53. The maximum atomic E-state index is 12.9. The molecule has 0 aliphatic heterocycles. The van der Waals surface area contributed by atoms with E-state index in [-0.39, 0.29) is 15.9 Å². The van der Waals surface area contributed by atoms with Gasteiger partial charge in [0.15, 0.2) is 5.11 Å². The Labute approximate surface area is 207 Å². The second kappa shape index (κ2) is 14.0. The molecule has 10 heteroatoms. The summed E-state index contributed by atoms with van der Waals surface area (Å²) >= 11 is 5.23. The third-order valence-corrected chi connectivity index (χ3v) is 6.86. The number of sulfonamides is 1. The van der Waals surface area contributed by atoms with E-state index in [0.29, 0.717) is 49.9 Å². The minimum absolute atomic E-state index is 0.108. The van der Waals surface area contributed by atoms with E-state index in [4.69, 9.17) is 21.7 Å². The van der Waals surface area contributed by atoms with Gasteiger partial charge < -0.3 is 14.8 Å². The largest absolute Gasteiger partial charge is 0.491 e. The predicted octanol–water partition coefficient (Wildman–Crippen LogP) is 4.04. The van der Waals surface area contributed by atoms with E-state index in [2.05, 4.69) is 10.6 Å². The molecule has 0 saturated carbocycles. The number of carbonyl (C=O) groups excluding carboxylic acids is 1. The molecule has 0 saturated heterocycles. The van der Waals surface area contributed by atoms with Crippen LogP contribution in [0.4, 0.5) is 5.69 Å². The Balaban J connectivity index is 1.93. The molecule has 0 aliphatic rings. The number of amides is 1. The molecule has 1 amide bonds. The van der Waals surface area contributed by atoms with Crippen molar-refractivity contribution in [3.05, 3.63) is 54.1 Å². The van der Waals surface area contributed by atoms with E-state index < -0.39 is 10.0 Å². The van der Waals surface area contributed by atoms with Crippen molar-refractivity contribution < 1.29 is 22.7 Å². The topological polar surface area (TPSA) is 97.0 Å². The number of carbonyl (C=O) groups is 1. The number of anilines is 1. The van der Waals surface area contributed by atoms with Crippen LogP contribution in [0.5, 0.6) is 5.75 Å². The number of benzene rings is 2. The van der Waals surface area contributed by atoms with Gasteiger partial charge in [-0.3, -0.25) is 10.1 Å². The molecular weight excluding hydrogens is 474 g/mol. The van der Waals surface area contributed by atoms with Crippen LogP contribution in [0.1, 0.15) is 44.0 Å². The Kier molecular flexibility index (Phi) is 11.4. The standard InChI is InChI=1S/C24H33N3O5S2/c1-4-15-27(16-5-2)34(29,30)22-13-9-20(10-14-22)25-24(33)26-23(28)19-7-11-21(12-8-19)32-18-17-31-6-3/h7-14H,4-6,15-18H2,1-3H3,(H2,25,26,28,33). The van der Waals surface area contributed by atoms with Crippen molar-refractivity contribution in [2.75, 3.05) is 38.2 Å². The van der Waals surface area contributed by atoms with Gasteiger partial charge in [-0.1, -0.05) is 13.8 Å². The van der Waals surface area contributed by atoms with Gasteiger partial charge in [0.25, 0.3) is 5.91 Å². The molecule has 0 radical (unpaired) electrons. The van der Waals surface area contributed by atoms with Crippen LogP contribution in [-0.4, -0.2) is 56.7 Å². The fraction of sp³-hybridized carbons (Fsp3) is 0.417. The molecule has 0 fully saturated rings. The highest BCUT2D eigenvalue weighted by Crippen LogP contribution is 2.19. The van der Waals surface area contributed by atoms with Gasteiger partial charge in [-0.25, -0.2) is 8.42 Å². The van der Waals surface area contributed by atoms with Crippen LogP contribution in [0.15, 0.2) is 53.4 Å². The van der Waals surface area contributed by atoms with Gasteiger partial charge in [0.2, 0.25) is 10.0 Å². The summed E-state index contributed by atoms with van der Waals surface area (Å²) in [6, 6.07) is 13.0. The van der Waals surface area contributed by atoms with Crippen LogP contribution in [0.25, 0.3) is 0 Å². The molecule has 0 bridgehead atoms. The van der Waals surface area contributed by atoms with Gasteiger partial charge in [0.05, 0.1) is 11.5 Å². The van der Waals surface area contributed by atoms with Crippen LogP contribution in [0, 0.1) is 0 Å². The fourth-order valence-electron chi connectivity index (χ4n) is 3.11. The van der Waals surface area contributed by atoms with Crippen molar-refractivity contribution in [2.45, 2.75) is 38.5 Å². The van der Waals surface area contributed by atoms with Gasteiger partial charge in [-0.2, -0.15) is 4.31 Å². The zero-order valence-electron chi connectivity index (χ0n) is 19.9. The normalized spacial score (nSPS) is 11.3. The summed E-state index contributed by atoms with van der Waals surface area (Å²) in [5.41, 5.74) is 0.995. The minimum Gasteiger partial charge on any atom is -0.491 e. The summed E-state index contributed by atoms with van der Waals surface area (Å²) < 4.78 is 38.0. The number of rotatable bonds is 13. The molecule has 0 aliphatic carbocycles. The molecular formula is C24H33N3O5S2. The third kappa shape index (κ3) is 8.35. The van der Waals surface area contributed by atoms with Gasteiger partial charge in [-0.15, -0.1) is 0 Å². The average molecular weight is 508 g/mol. The lowest BCUT2D eigenvalue weighted by Crippen LogP contribution is -2.34. The van der Waals surface area contributed by atoms with E-state index >= 15 is 0 Å². The second-order valence-corrected chi connectivity index (χ2v) is 9.75. The molecule has 2 N–H and O–H groups in total. The molecule has 2 aromatic carbocycles. The summed E-state index contributed by atoms with van der Waals surface area (Å²) in [5, 5.41) is 5.63. The van der Waals surface area contributed by atoms with Crippen molar-refractivity contribution in [1.82, 2.24) is 9.62 Å². The monoisotopic (exact) mass is 507 g/mol. The van der Waals surface area contributed by atoms with Crippen molar-refractivity contribution in [3.63, 3.8) is 0 Å². The Bertz CT molecular complexity index is 1020. The van der Waals surface area contributed by atoms with Crippen LogP contribution in [0.3, 0.4) is 0 Å². The lowest BCUT2D eigenvalue weighted by Gasteiger charge is -2.21. The smallest absolute Gasteiger partial charge is 0.257 e. The highest BCUT2D eigenvalue weighted by atomic mass is 32.2. The zero-order valence-corrected chi connectivity index (χ0v) is 21.5. The summed E-state index contributed by atoms with van der Waals surface area (Å²) in [7, 11) is -3.55. The number of hydrogen-bond acceptors (Lipinski definition) is 6. The third-order valence-electron chi connectivity index (χ3n) is 4.74. The van der Waals surface area contributed by atoms with Crippen molar-refractivity contribution >= 4 is 38.9 Å². The summed E-state index contributed by atoms with van der Waals surface area (Å²) in [6.45, 7) is 8.35. The summed E-state index contributed by atoms with van der Waals surface area (Å²) in [5.74, 6) is 0.274. The van der Waals surface area contributed by atoms with Crippen LogP contribution in [-0.2, 0) is 14.8 Å². The van der Waals surface area contributed by atoms with Gasteiger partial charge in [-0.05, 0) is 80.5 Å². The summed E-state index contributed by atoms with van der Waals surface area (Å²) in [6.07, 6.45) is 1.49. The first-order valence-electron chi connectivity index (χ1n) is 11.3. The van der Waals surface area contributed by atoms with Crippen LogP contribution < -0.4 is 15.4 Å². The molecule has 2 rings (SSSR count). The average Bonchev–Trinajstić information content (AvgIpc) is 2.82. The van der Waals surface area contributed by atoms with Crippen molar-refractivity contribution in [2.24, 2.45) is 0 Å². The van der Waals surface area contributed by atoms with Gasteiger partial charge in [0.1, 0.15) is 12.4 Å². The lowest BCUT2D eigenvalue weighted by atomic mass is 10.2. The van der Waals surface area contributed by atoms with E-state index in [9.17, 15) is 13.2 Å². The molecule has 0 spiro atoms. The van der Waals surface area contributed by atoms with Crippen LogP contribution in [0.2, 0.25) is 0 Å². The number of nitrogens with one attached hydrogen (secondary N) is 2. The van der Waals surface area contributed by atoms with E-state index in [1.807, 2.05) is 20.8 Å². The maximum absolute atomic E-state index is 12.9. The Morgan fingerprint density at radius 2 is 1.56 bits per heavy atom. The molecule has 8 nitrogen and oxygen atoms in total. The first kappa shape index (κ1) is 27.7. The van der Waals surface area contributed by atoms with Gasteiger partial charge in [0, 0.05) is 30.9 Å². The molecule has 0 aromatic heterocycles. The van der Waals surface area contributed by atoms with E-state index in [0.717, 1.165) is 12.8 Å². The second-order valence-electron chi connectivity index (χ2n) is 7.41. The number of nitrogens with zero attached hydrogens (tertiary/aromatic N) is 1. The molecule has 186 valence electrons. The summed E-state index contributed by atoms with van der Waals surface area (Å²) in [4.78, 5) is 12.7.